The Bertz CT molecular complexity index is 688. The highest BCUT2D eigenvalue weighted by Gasteiger charge is 2.58. The lowest BCUT2D eigenvalue weighted by atomic mass is 9.85. The van der Waals surface area contributed by atoms with Crippen LogP contribution in [0.3, 0.4) is 0 Å². The van der Waals surface area contributed by atoms with E-state index in [1.54, 1.807) is 0 Å². The highest BCUT2D eigenvalue weighted by molar-refractivity contribution is 7.47. The van der Waals surface area contributed by atoms with Crippen LogP contribution >= 0.6 is 31.3 Å². The predicted molar refractivity (Wildman–Crippen MR) is 79.7 cm³/mol. The van der Waals surface area contributed by atoms with E-state index in [0.29, 0.717) is 0 Å². The van der Waals surface area contributed by atoms with Crippen molar-refractivity contribution in [2.75, 3.05) is 0 Å². The SMILES string of the molecule is O=P(O)(O)OC1[C@@H](O)[C@H](OP(=O)(O)O)C(OP(=O)(O)O)[C@H](OP(=O)(O)O)[C@H]1O. The number of phosphoric ester groups is 4. The molecule has 6 atom stereocenters. The van der Waals surface area contributed by atoms with Gasteiger partial charge in [0.1, 0.15) is 36.6 Å². The van der Waals surface area contributed by atoms with E-state index in [4.69, 9.17) is 39.1 Å². The van der Waals surface area contributed by atoms with E-state index in [0.717, 1.165) is 0 Å². The lowest BCUT2D eigenvalue weighted by molar-refractivity contribution is -0.208. The standard InChI is InChI=1S/C6H16O18P4/c7-1-3(21-25(9,10)11)2(8)5(23-27(15,16)17)6(24-28(18,19)20)4(1)22-26(12,13)14/h1-8H,(H2,9,10,11)(H2,12,13,14)(H2,15,16,17)(H2,18,19,20)/t1-,2+,3?,4+,5-,6?. The second-order valence-corrected chi connectivity index (χ2v) is 9.99. The first-order chi connectivity index (χ1) is 12.2. The summed E-state index contributed by atoms with van der Waals surface area (Å²) in [6.07, 6.45) is -15.9. The summed E-state index contributed by atoms with van der Waals surface area (Å²) in [6.45, 7) is 0. The van der Waals surface area contributed by atoms with Gasteiger partial charge in [0, 0.05) is 0 Å². The maximum absolute atomic E-state index is 11.1. The van der Waals surface area contributed by atoms with Crippen LogP contribution in [0.25, 0.3) is 0 Å². The van der Waals surface area contributed by atoms with Gasteiger partial charge in [-0.05, 0) is 0 Å². The largest absolute Gasteiger partial charge is 0.470 e. The van der Waals surface area contributed by atoms with Crippen LogP contribution in [-0.2, 0) is 36.4 Å². The van der Waals surface area contributed by atoms with Crippen molar-refractivity contribution < 1.29 is 85.7 Å². The van der Waals surface area contributed by atoms with Gasteiger partial charge in [0.25, 0.3) is 0 Å². The normalized spacial score (nSPS) is 33.1. The molecule has 1 aliphatic rings. The van der Waals surface area contributed by atoms with Gasteiger partial charge >= 0.3 is 31.3 Å². The van der Waals surface area contributed by atoms with Gasteiger partial charge in [0.15, 0.2) is 0 Å². The van der Waals surface area contributed by atoms with Gasteiger partial charge in [-0.1, -0.05) is 0 Å². The van der Waals surface area contributed by atoms with E-state index in [1.807, 2.05) is 0 Å². The van der Waals surface area contributed by atoms with Crippen LogP contribution in [0.4, 0.5) is 0 Å². The summed E-state index contributed by atoms with van der Waals surface area (Å²) in [7, 11) is -22.4. The predicted octanol–water partition coefficient (Wildman–Crippen LogP) is -3.37. The molecular formula is C6H16O18P4. The fourth-order valence-corrected chi connectivity index (χ4v) is 4.52. The molecule has 18 nitrogen and oxygen atoms in total. The van der Waals surface area contributed by atoms with Crippen molar-refractivity contribution in [2.45, 2.75) is 36.6 Å². The van der Waals surface area contributed by atoms with E-state index in [9.17, 15) is 28.5 Å². The van der Waals surface area contributed by atoms with Crippen LogP contribution in [0.15, 0.2) is 0 Å². The molecule has 168 valence electrons. The third kappa shape index (κ3) is 8.62. The van der Waals surface area contributed by atoms with Crippen molar-refractivity contribution in [3.8, 4) is 0 Å². The molecule has 28 heavy (non-hydrogen) atoms. The number of phosphoric acid groups is 4. The first-order valence-electron chi connectivity index (χ1n) is 6.52. The molecule has 0 saturated heterocycles. The van der Waals surface area contributed by atoms with Crippen LogP contribution in [0.2, 0.25) is 0 Å². The highest BCUT2D eigenvalue weighted by atomic mass is 31.2. The molecule has 1 aliphatic carbocycles. The summed E-state index contributed by atoms with van der Waals surface area (Å²) in [5.74, 6) is 0. The molecule has 2 unspecified atom stereocenters. The van der Waals surface area contributed by atoms with Crippen molar-refractivity contribution in [1.29, 1.82) is 0 Å². The minimum Gasteiger partial charge on any atom is -0.387 e. The Kier molecular flexibility index (Phi) is 8.34. The Hall–Kier alpha value is 0.360. The Balaban J connectivity index is 3.50. The van der Waals surface area contributed by atoms with Crippen molar-refractivity contribution >= 4 is 31.3 Å². The molecule has 0 aromatic carbocycles. The zero-order chi connectivity index (χ0) is 22.3. The number of hydrogen-bond donors (Lipinski definition) is 10. The average molecular weight is 500 g/mol. The Morgan fingerprint density at radius 1 is 0.429 bits per heavy atom. The summed E-state index contributed by atoms with van der Waals surface area (Å²) >= 11 is 0. The maximum Gasteiger partial charge on any atom is 0.470 e. The number of aliphatic hydroxyl groups excluding tert-OH is 2. The number of aliphatic hydroxyl groups is 2. The highest BCUT2D eigenvalue weighted by Crippen LogP contribution is 2.52. The van der Waals surface area contributed by atoms with Crippen LogP contribution in [0.1, 0.15) is 0 Å². The maximum atomic E-state index is 11.1. The van der Waals surface area contributed by atoms with Crippen LogP contribution in [0.5, 0.6) is 0 Å². The topological polar surface area (TPSA) is 308 Å². The van der Waals surface area contributed by atoms with E-state index in [-0.39, 0.29) is 0 Å². The van der Waals surface area contributed by atoms with E-state index in [1.165, 1.54) is 0 Å². The van der Waals surface area contributed by atoms with Gasteiger partial charge < -0.3 is 49.4 Å². The summed E-state index contributed by atoms with van der Waals surface area (Å²) in [5.41, 5.74) is 0. The molecule has 22 heteroatoms. The van der Waals surface area contributed by atoms with Gasteiger partial charge in [-0.25, -0.2) is 18.3 Å². The van der Waals surface area contributed by atoms with Gasteiger partial charge in [0.05, 0.1) is 0 Å². The third-order valence-corrected chi connectivity index (χ3v) is 5.10. The minimum atomic E-state index is -5.64. The monoisotopic (exact) mass is 500 g/mol. The lowest BCUT2D eigenvalue weighted by Gasteiger charge is -2.45. The molecule has 10 N–H and O–H groups in total. The van der Waals surface area contributed by atoms with Gasteiger partial charge in [-0.15, -0.1) is 0 Å². The zero-order valence-corrected chi connectivity index (χ0v) is 16.6. The first-order valence-corrected chi connectivity index (χ1v) is 12.6. The molecule has 0 aromatic rings. The molecule has 1 saturated carbocycles. The average Bonchev–Trinajstić information content (AvgIpc) is 2.39. The summed E-state index contributed by atoms with van der Waals surface area (Å²) in [5, 5.41) is 20.1. The molecule has 0 radical (unpaired) electrons. The fraction of sp³-hybridized carbons (Fsp3) is 1.00. The molecule has 1 rings (SSSR count). The Labute approximate surface area is 154 Å². The van der Waals surface area contributed by atoms with Gasteiger partial charge in [0.2, 0.25) is 0 Å². The number of hydrogen-bond acceptors (Lipinski definition) is 10. The second kappa shape index (κ2) is 8.85. The Morgan fingerprint density at radius 2 is 0.643 bits per heavy atom. The molecule has 0 aliphatic heterocycles. The summed E-state index contributed by atoms with van der Waals surface area (Å²) < 4.78 is 60.5. The van der Waals surface area contributed by atoms with E-state index < -0.39 is 67.9 Å². The molecule has 1 fully saturated rings. The molecule has 0 aromatic heterocycles. The van der Waals surface area contributed by atoms with Gasteiger partial charge in [-0.2, -0.15) is 0 Å². The van der Waals surface area contributed by atoms with Crippen molar-refractivity contribution in [3.63, 3.8) is 0 Å². The lowest BCUT2D eigenvalue weighted by Crippen LogP contribution is -2.65. The second-order valence-electron chi connectivity index (χ2n) is 5.22. The smallest absolute Gasteiger partial charge is 0.387 e. The van der Waals surface area contributed by atoms with E-state index >= 15 is 0 Å². The molecular weight excluding hydrogens is 484 g/mol. The first kappa shape index (κ1) is 26.4. The number of rotatable bonds is 8. The van der Waals surface area contributed by atoms with Crippen LogP contribution in [-0.4, -0.2) is 86.0 Å². The van der Waals surface area contributed by atoms with Crippen LogP contribution in [0, 0.1) is 0 Å². The molecule has 0 spiro atoms. The fourth-order valence-electron chi connectivity index (χ4n) is 2.28. The molecule has 0 amide bonds. The zero-order valence-electron chi connectivity index (χ0n) is 13.0. The van der Waals surface area contributed by atoms with Gasteiger partial charge in [-0.3, -0.25) is 18.1 Å². The summed E-state index contributed by atoms with van der Waals surface area (Å²) in [4.78, 5) is 71.0. The summed E-state index contributed by atoms with van der Waals surface area (Å²) in [6, 6.07) is 0. The third-order valence-electron chi connectivity index (χ3n) is 3.03. The van der Waals surface area contributed by atoms with Crippen molar-refractivity contribution in [3.05, 3.63) is 0 Å². The molecule has 0 heterocycles. The quantitative estimate of drug-likeness (QED) is 0.145. The minimum absolute atomic E-state index is 2.56. The van der Waals surface area contributed by atoms with E-state index in [2.05, 4.69) is 18.1 Å². The van der Waals surface area contributed by atoms with Crippen molar-refractivity contribution in [2.24, 2.45) is 0 Å². The Morgan fingerprint density at radius 3 is 0.893 bits per heavy atom. The van der Waals surface area contributed by atoms with Crippen LogP contribution < -0.4 is 0 Å². The van der Waals surface area contributed by atoms with Crippen molar-refractivity contribution in [1.82, 2.24) is 0 Å². The molecule has 0 bridgehead atoms.